The Morgan fingerprint density at radius 1 is 1.08 bits per heavy atom. The van der Waals surface area contributed by atoms with Crippen LogP contribution in [0, 0.1) is 11.8 Å². The van der Waals surface area contributed by atoms with Crippen LogP contribution in [0.5, 0.6) is 0 Å². The van der Waals surface area contributed by atoms with Crippen LogP contribution in [-0.4, -0.2) is 37.2 Å². The summed E-state index contributed by atoms with van der Waals surface area (Å²) < 4.78 is 5.46. The van der Waals surface area contributed by atoms with Gasteiger partial charge in [0.25, 0.3) is 0 Å². The fourth-order valence-corrected chi connectivity index (χ4v) is 3.94. The smallest absolute Gasteiger partial charge is 0.0721 e. The van der Waals surface area contributed by atoms with Gasteiger partial charge < -0.3 is 4.74 Å². The molecule has 0 radical (unpaired) electrons. The minimum absolute atomic E-state index is 0.369. The SMILES string of the molecule is CCCCCCCCC[C@H](C#Cc1ccccc1)N1CCC[C@@H]1COC. The number of unbranched alkanes of at least 4 members (excludes halogenated alkanes) is 6. The Hall–Kier alpha value is -1.30. The molecule has 2 atom stereocenters. The lowest BCUT2D eigenvalue weighted by atomic mass is 10.0. The lowest BCUT2D eigenvalue weighted by Crippen LogP contribution is -2.40. The van der Waals surface area contributed by atoms with Crippen molar-refractivity contribution in [1.82, 2.24) is 4.90 Å². The number of likely N-dealkylation sites (tertiary alicyclic amines) is 1. The average molecular weight is 356 g/mol. The highest BCUT2D eigenvalue weighted by atomic mass is 16.5. The predicted octanol–water partition coefficient (Wildman–Crippen LogP) is 5.66. The molecule has 1 saturated heterocycles. The van der Waals surface area contributed by atoms with Gasteiger partial charge in [-0.25, -0.2) is 0 Å². The Morgan fingerprint density at radius 2 is 1.81 bits per heavy atom. The summed E-state index contributed by atoms with van der Waals surface area (Å²) in [7, 11) is 1.82. The first kappa shape index (κ1) is 21.0. The van der Waals surface area contributed by atoms with Gasteiger partial charge in [0.1, 0.15) is 0 Å². The predicted molar refractivity (Wildman–Crippen MR) is 111 cm³/mol. The molecular weight excluding hydrogens is 318 g/mol. The molecule has 1 aliphatic heterocycles. The van der Waals surface area contributed by atoms with E-state index in [-0.39, 0.29) is 0 Å². The second kappa shape index (κ2) is 13.0. The number of nitrogens with zero attached hydrogens (tertiary/aromatic N) is 1. The fourth-order valence-electron chi connectivity index (χ4n) is 3.94. The van der Waals surface area contributed by atoms with E-state index in [0.29, 0.717) is 12.1 Å². The van der Waals surface area contributed by atoms with Gasteiger partial charge in [0.2, 0.25) is 0 Å². The van der Waals surface area contributed by atoms with E-state index in [4.69, 9.17) is 4.74 Å². The van der Waals surface area contributed by atoms with Crippen LogP contribution in [0.1, 0.15) is 76.7 Å². The summed E-state index contributed by atoms with van der Waals surface area (Å²) in [5.74, 6) is 7.02. The first-order chi connectivity index (χ1) is 12.8. The van der Waals surface area contributed by atoms with Crippen molar-refractivity contribution in [2.24, 2.45) is 0 Å². The normalized spacial score (nSPS) is 18.5. The summed E-state index contributed by atoms with van der Waals surface area (Å²) in [6, 6.07) is 11.3. The van der Waals surface area contributed by atoms with Crippen molar-refractivity contribution in [2.45, 2.75) is 83.2 Å². The average Bonchev–Trinajstić information content (AvgIpc) is 3.13. The van der Waals surface area contributed by atoms with Crippen LogP contribution >= 0.6 is 0 Å². The van der Waals surface area contributed by atoms with E-state index in [1.807, 2.05) is 7.11 Å². The molecule has 144 valence electrons. The van der Waals surface area contributed by atoms with E-state index in [2.05, 4.69) is 54.0 Å². The zero-order valence-corrected chi connectivity index (χ0v) is 16.9. The Labute approximate surface area is 161 Å². The molecule has 2 heteroatoms. The molecule has 0 aromatic heterocycles. The largest absolute Gasteiger partial charge is 0.383 e. The second-order valence-electron chi connectivity index (χ2n) is 7.55. The van der Waals surface area contributed by atoms with Crippen molar-refractivity contribution >= 4 is 0 Å². The summed E-state index contributed by atoms with van der Waals surface area (Å²) in [6.07, 6.45) is 13.2. The van der Waals surface area contributed by atoms with Gasteiger partial charge in [-0.3, -0.25) is 4.90 Å². The van der Waals surface area contributed by atoms with Crippen molar-refractivity contribution in [1.29, 1.82) is 0 Å². The van der Waals surface area contributed by atoms with Gasteiger partial charge in [-0.1, -0.05) is 81.9 Å². The monoisotopic (exact) mass is 355 g/mol. The maximum absolute atomic E-state index is 5.46. The molecule has 2 rings (SSSR count). The number of ether oxygens (including phenoxy) is 1. The third-order valence-electron chi connectivity index (χ3n) is 5.42. The minimum Gasteiger partial charge on any atom is -0.383 e. The van der Waals surface area contributed by atoms with Crippen LogP contribution in [0.25, 0.3) is 0 Å². The molecule has 0 spiro atoms. The molecule has 1 aliphatic rings. The molecule has 2 nitrogen and oxygen atoms in total. The molecule has 0 bridgehead atoms. The lowest BCUT2D eigenvalue weighted by molar-refractivity contribution is 0.1000. The van der Waals surface area contributed by atoms with Gasteiger partial charge in [0.05, 0.1) is 12.6 Å². The van der Waals surface area contributed by atoms with E-state index in [0.717, 1.165) is 12.2 Å². The molecule has 0 unspecified atom stereocenters. The van der Waals surface area contributed by atoms with Crippen molar-refractivity contribution in [3.05, 3.63) is 35.9 Å². The summed E-state index contributed by atoms with van der Waals surface area (Å²) in [5, 5.41) is 0. The van der Waals surface area contributed by atoms with Crippen LogP contribution in [0.2, 0.25) is 0 Å². The van der Waals surface area contributed by atoms with Gasteiger partial charge in [0.15, 0.2) is 0 Å². The van der Waals surface area contributed by atoms with Gasteiger partial charge in [-0.05, 0) is 37.9 Å². The standard InChI is InChI=1S/C24H37NO/c1-3-4-5-6-7-8-12-16-23(19-18-22-14-10-9-11-15-22)25-20-13-17-24(25)21-26-2/h9-11,14-15,23-24H,3-8,12-13,16-17,20-21H2,1-2H3/t23-,24-/m1/s1. The summed E-state index contributed by atoms with van der Waals surface area (Å²) in [6.45, 7) is 4.28. The van der Waals surface area contributed by atoms with E-state index >= 15 is 0 Å². The first-order valence-electron chi connectivity index (χ1n) is 10.7. The number of benzene rings is 1. The Balaban J connectivity index is 1.90. The molecule has 1 fully saturated rings. The van der Waals surface area contributed by atoms with Crippen LogP contribution < -0.4 is 0 Å². The third-order valence-corrected chi connectivity index (χ3v) is 5.42. The Bertz CT molecular complexity index is 530. The van der Waals surface area contributed by atoms with Crippen molar-refractivity contribution in [3.8, 4) is 11.8 Å². The Kier molecular flexibility index (Phi) is 10.5. The maximum atomic E-state index is 5.46. The summed E-state index contributed by atoms with van der Waals surface area (Å²) >= 11 is 0. The van der Waals surface area contributed by atoms with E-state index in [1.54, 1.807) is 0 Å². The zero-order chi connectivity index (χ0) is 18.5. The molecule has 26 heavy (non-hydrogen) atoms. The minimum atomic E-state index is 0.369. The second-order valence-corrected chi connectivity index (χ2v) is 7.55. The first-order valence-corrected chi connectivity index (χ1v) is 10.7. The van der Waals surface area contributed by atoms with E-state index in [1.165, 1.54) is 70.8 Å². The number of rotatable bonds is 11. The van der Waals surface area contributed by atoms with Gasteiger partial charge >= 0.3 is 0 Å². The molecule has 1 aromatic rings. The Morgan fingerprint density at radius 3 is 2.54 bits per heavy atom. The van der Waals surface area contributed by atoms with Crippen LogP contribution in [0.3, 0.4) is 0 Å². The van der Waals surface area contributed by atoms with Crippen LogP contribution in [-0.2, 0) is 4.74 Å². The van der Waals surface area contributed by atoms with Crippen LogP contribution in [0.15, 0.2) is 30.3 Å². The van der Waals surface area contributed by atoms with Gasteiger partial charge in [0, 0.05) is 18.7 Å². The van der Waals surface area contributed by atoms with Crippen molar-refractivity contribution < 1.29 is 4.74 Å². The topological polar surface area (TPSA) is 12.5 Å². The summed E-state index contributed by atoms with van der Waals surface area (Å²) in [4.78, 5) is 2.61. The molecule has 0 amide bonds. The van der Waals surface area contributed by atoms with Crippen LogP contribution in [0.4, 0.5) is 0 Å². The van der Waals surface area contributed by atoms with Gasteiger partial charge in [-0.15, -0.1) is 0 Å². The number of methoxy groups -OCH3 is 1. The highest BCUT2D eigenvalue weighted by Crippen LogP contribution is 2.23. The molecule has 1 aromatic carbocycles. The number of hydrogen-bond donors (Lipinski definition) is 0. The zero-order valence-electron chi connectivity index (χ0n) is 16.9. The molecule has 1 heterocycles. The summed E-state index contributed by atoms with van der Waals surface area (Å²) in [5.41, 5.74) is 1.12. The third kappa shape index (κ3) is 7.52. The molecular formula is C24H37NO. The number of hydrogen-bond acceptors (Lipinski definition) is 2. The molecule has 0 N–H and O–H groups in total. The quantitative estimate of drug-likeness (QED) is 0.375. The molecule has 0 saturated carbocycles. The van der Waals surface area contributed by atoms with Crippen molar-refractivity contribution in [2.75, 3.05) is 20.3 Å². The van der Waals surface area contributed by atoms with E-state index < -0.39 is 0 Å². The van der Waals surface area contributed by atoms with E-state index in [9.17, 15) is 0 Å². The maximum Gasteiger partial charge on any atom is 0.0721 e. The highest BCUT2D eigenvalue weighted by Gasteiger charge is 2.29. The fraction of sp³-hybridized carbons (Fsp3) is 0.667. The van der Waals surface area contributed by atoms with Crippen molar-refractivity contribution in [3.63, 3.8) is 0 Å². The highest BCUT2D eigenvalue weighted by molar-refractivity contribution is 5.35. The van der Waals surface area contributed by atoms with Gasteiger partial charge in [-0.2, -0.15) is 0 Å². The lowest BCUT2D eigenvalue weighted by Gasteiger charge is -2.29. The molecule has 0 aliphatic carbocycles.